The van der Waals surface area contributed by atoms with Crippen molar-refractivity contribution in [3.8, 4) is 11.1 Å². The van der Waals surface area contributed by atoms with Gasteiger partial charge in [-0.2, -0.15) is 0 Å². The maximum atomic E-state index is 13.4. The van der Waals surface area contributed by atoms with Crippen LogP contribution < -0.4 is 21.9 Å². The monoisotopic (exact) mass is 590 g/mol. The van der Waals surface area contributed by atoms with E-state index in [1.165, 1.54) is 0 Å². The van der Waals surface area contributed by atoms with Gasteiger partial charge in [0.1, 0.15) is 11.3 Å². The fourth-order valence-electron chi connectivity index (χ4n) is 5.22. The standard InChI is InChI=1S/C34H34N6O4/c1-5-30(41)39-28-16-23(15-25(20(28)4)33(43)36-17-26-18(2)13-19(3)37-34(26)44)22-11-9-21(10-12-22)14-29-38-27-8-6-7-24(32(35)42)31(27)40-29/h6-13,15-16H,5,14,17H2,1-4H3,(H2,35,42)(H,36,43)(H,37,44)(H,38,40)(H,39,41). The smallest absolute Gasteiger partial charge is 0.253 e. The van der Waals surface area contributed by atoms with Crippen molar-refractivity contribution in [1.82, 2.24) is 20.3 Å². The average molecular weight is 591 g/mol. The Bertz CT molecular complexity index is 1970. The molecule has 0 unspecified atom stereocenters. The van der Waals surface area contributed by atoms with Gasteiger partial charge in [-0.1, -0.05) is 37.3 Å². The van der Waals surface area contributed by atoms with Crippen LogP contribution in [0.25, 0.3) is 22.2 Å². The third-order valence-electron chi connectivity index (χ3n) is 7.65. The van der Waals surface area contributed by atoms with Gasteiger partial charge in [0, 0.05) is 41.9 Å². The van der Waals surface area contributed by atoms with E-state index in [4.69, 9.17) is 5.73 Å². The van der Waals surface area contributed by atoms with Crippen molar-refractivity contribution in [3.05, 3.63) is 116 Å². The number of aryl methyl sites for hydroxylation is 2. The minimum absolute atomic E-state index is 0.0675. The average Bonchev–Trinajstić information content (AvgIpc) is 3.40. The number of para-hydroxylation sites is 1. The molecule has 44 heavy (non-hydrogen) atoms. The van der Waals surface area contributed by atoms with Gasteiger partial charge < -0.3 is 26.3 Å². The maximum absolute atomic E-state index is 13.4. The zero-order valence-electron chi connectivity index (χ0n) is 25.1. The van der Waals surface area contributed by atoms with Crippen molar-refractivity contribution in [2.45, 2.75) is 47.1 Å². The largest absolute Gasteiger partial charge is 0.366 e. The summed E-state index contributed by atoms with van der Waals surface area (Å²) in [4.78, 5) is 60.7. The van der Waals surface area contributed by atoms with Crippen LogP contribution >= 0.6 is 0 Å². The third-order valence-corrected chi connectivity index (χ3v) is 7.65. The Labute approximate surface area is 254 Å². The number of pyridine rings is 1. The van der Waals surface area contributed by atoms with Crippen molar-refractivity contribution in [2.24, 2.45) is 5.73 Å². The fourth-order valence-corrected chi connectivity index (χ4v) is 5.22. The number of anilines is 1. The number of aromatic nitrogens is 3. The highest BCUT2D eigenvalue weighted by molar-refractivity contribution is 6.04. The van der Waals surface area contributed by atoms with Gasteiger partial charge in [-0.15, -0.1) is 0 Å². The molecule has 5 rings (SSSR count). The molecule has 0 atom stereocenters. The van der Waals surface area contributed by atoms with E-state index in [1.807, 2.05) is 56.3 Å². The number of carbonyl (C=O) groups is 3. The Balaban J connectivity index is 1.42. The maximum Gasteiger partial charge on any atom is 0.253 e. The summed E-state index contributed by atoms with van der Waals surface area (Å²) in [5.41, 5.74) is 13.1. The number of nitrogens with zero attached hydrogens (tertiary/aromatic N) is 1. The van der Waals surface area contributed by atoms with Gasteiger partial charge in [0.25, 0.3) is 17.4 Å². The number of fused-ring (bicyclic) bond motifs is 1. The number of hydrogen-bond donors (Lipinski definition) is 5. The Morgan fingerprint density at radius 1 is 0.909 bits per heavy atom. The van der Waals surface area contributed by atoms with Gasteiger partial charge >= 0.3 is 0 Å². The highest BCUT2D eigenvalue weighted by atomic mass is 16.2. The molecule has 0 fully saturated rings. The molecular weight excluding hydrogens is 556 g/mol. The summed E-state index contributed by atoms with van der Waals surface area (Å²) >= 11 is 0. The molecule has 0 saturated heterocycles. The molecule has 0 aliphatic carbocycles. The molecule has 3 amide bonds. The van der Waals surface area contributed by atoms with E-state index in [9.17, 15) is 19.2 Å². The van der Waals surface area contributed by atoms with E-state index in [-0.39, 0.29) is 30.3 Å². The number of H-pyrrole nitrogens is 2. The highest BCUT2D eigenvalue weighted by Gasteiger charge is 2.18. The number of hydrogen-bond acceptors (Lipinski definition) is 5. The first kappa shape index (κ1) is 30.0. The Morgan fingerprint density at radius 3 is 2.34 bits per heavy atom. The molecule has 0 radical (unpaired) electrons. The lowest BCUT2D eigenvalue weighted by molar-refractivity contribution is -0.115. The van der Waals surface area contributed by atoms with E-state index < -0.39 is 5.91 Å². The molecule has 10 heteroatoms. The van der Waals surface area contributed by atoms with E-state index in [2.05, 4.69) is 25.6 Å². The Morgan fingerprint density at radius 2 is 1.66 bits per heavy atom. The van der Waals surface area contributed by atoms with Crippen LogP contribution in [0.3, 0.4) is 0 Å². The molecule has 2 aromatic heterocycles. The van der Waals surface area contributed by atoms with Gasteiger partial charge in [-0.25, -0.2) is 4.98 Å². The molecule has 10 nitrogen and oxygen atoms in total. The lowest BCUT2D eigenvalue weighted by atomic mass is 9.96. The lowest BCUT2D eigenvalue weighted by Gasteiger charge is -2.16. The van der Waals surface area contributed by atoms with Crippen LogP contribution in [0.4, 0.5) is 5.69 Å². The van der Waals surface area contributed by atoms with Gasteiger partial charge in [0.05, 0.1) is 11.1 Å². The molecule has 0 aliphatic heterocycles. The van der Waals surface area contributed by atoms with Crippen LogP contribution in [0.1, 0.15) is 67.8 Å². The molecule has 0 aliphatic rings. The zero-order valence-corrected chi connectivity index (χ0v) is 25.1. The predicted octanol–water partition coefficient (Wildman–Crippen LogP) is 4.81. The van der Waals surface area contributed by atoms with Crippen LogP contribution in [-0.4, -0.2) is 32.7 Å². The van der Waals surface area contributed by atoms with Gasteiger partial charge in [0.2, 0.25) is 5.91 Å². The van der Waals surface area contributed by atoms with Crippen LogP contribution in [0.2, 0.25) is 0 Å². The highest BCUT2D eigenvalue weighted by Crippen LogP contribution is 2.30. The minimum atomic E-state index is -0.530. The second kappa shape index (κ2) is 12.4. The van der Waals surface area contributed by atoms with E-state index in [0.29, 0.717) is 45.7 Å². The number of amides is 3. The summed E-state index contributed by atoms with van der Waals surface area (Å²) in [5.74, 6) is -0.354. The number of benzene rings is 3. The molecule has 2 heterocycles. The molecule has 0 spiro atoms. The molecule has 0 saturated carbocycles. The zero-order chi connectivity index (χ0) is 31.5. The summed E-state index contributed by atoms with van der Waals surface area (Å²) in [5, 5.41) is 5.79. The van der Waals surface area contributed by atoms with Crippen LogP contribution in [0, 0.1) is 20.8 Å². The van der Waals surface area contributed by atoms with Crippen molar-refractivity contribution in [3.63, 3.8) is 0 Å². The van der Waals surface area contributed by atoms with Crippen molar-refractivity contribution >= 4 is 34.4 Å². The summed E-state index contributed by atoms with van der Waals surface area (Å²) in [7, 11) is 0. The predicted molar refractivity (Wildman–Crippen MR) is 171 cm³/mol. The summed E-state index contributed by atoms with van der Waals surface area (Å²) < 4.78 is 0. The van der Waals surface area contributed by atoms with Gasteiger partial charge in [0.15, 0.2) is 0 Å². The van der Waals surface area contributed by atoms with E-state index >= 15 is 0 Å². The Kier molecular flexibility index (Phi) is 8.43. The number of carbonyl (C=O) groups excluding carboxylic acids is 3. The Hall–Kier alpha value is -5.51. The van der Waals surface area contributed by atoms with Crippen LogP contribution in [0.5, 0.6) is 0 Å². The molecular formula is C34H34N6O4. The normalized spacial score (nSPS) is 11.0. The first-order valence-electron chi connectivity index (χ1n) is 14.3. The van der Waals surface area contributed by atoms with Crippen LogP contribution in [-0.2, 0) is 17.8 Å². The molecule has 6 N–H and O–H groups in total. The summed E-state index contributed by atoms with van der Waals surface area (Å²) in [6, 6.07) is 18.6. The van der Waals surface area contributed by atoms with Crippen LogP contribution in [0.15, 0.2) is 65.5 Å². The SMILES string of the molecule is CCC(=O)Nc1cc(-c2ccc(Cc3nc4c(C(N)=O)cccc4[nH]3)cc2)cc(C(=O)NCc2c(C)cc(C)[nH]c2=O)c1C. The second-order valence-electron chi connectivity index (χ2n) is 10.8. The topological polar surface area (TPSA) is 163 Å². The number of nitrogens with one attached hydrogen (secondary N) is 4. The first-order valence-corrected chi connectivity index (χ1v) is 14.3. The molecule has 3 aromatic carbocycles. The molecule has 0 bridgehead atoms. The minimum Gasteiger partial charge on any atom is -0.366 e. The van der Waals surface area contributed by atoms with Gasteiger partial charge in [-0.3, -0.25) is 19.2 Å². The molecule has 224 valence electrons. The van der Waals surface area contributed by atoms with Gasteiger partial charge in [-0.05, 0) is 78.9 Å². The number of primary amides is 1. The fraction of sp³-hybridized carbons (Fsp3) is 0.206. The van der Waals surface area contributed by atoms with Crippen molar-refractivity contribution in [1.29, 1.82) is 0 Å². The number of nitrogens with two attached hydrogens (primary N) is 1. The number of aromatic amines is 2. The quantitative estimate of drug-likeness (QED) is 0.166. The van der Waals surface area contributed by atoms with Crippen molar-refractivity contribution < 1.29 is 14.4 Å². The van der Waals surface area contributed by atoms with E-state index in [1.54, 1.807) is 32.0 Å². The number of imidazole rings is 1. The molecule has 5 aromatic rings. The number of rotatable bonds is 9. The third kappa shape index (κ3) is 6.29. The summed E-state index contributed by atoms with van der Waals surface area (Å²) in [6.07, 6.45) is 0.794. The van der Waals surface area contributed by atoms with E-state index in [0.717, 1.165) is 33.5 Å². The first-order chi connectivity index (χ1) is 21.0. The lowest BCUT2D eigenvalue weighted by Crippen LogP contribution is -2.28. The second-order valence-corrected chi connectivity index (χ2v) is 10.8. The summed E-state index contributed by atoms with van der Waals surface area (Å²) in [6.45, 7) is 7.26. The van der Waals surface area contributed by atoms with Crippen molar-refractivity contribution in [2.75, 3.05) is 5.32 Å².